The lowest BCUT2D eigenvalue weighted by atomic mass is 10.1. The predicted molar refractivity (Wildman–Crippen MR) is 113 cm³/mol. The summed E-state index contributed by atoms with van der Waals surface area (Å²) in [5.74, 6) is 2.17. The predicted octanol–water partition coefficient (Wildman–Crippen LogP) is 4.21. The van der Waals surface area contributed by atoms with Crippen LogP contribution in [0.3, 0.4) is 0 Å². The van der Waals surface area contributed by atoms with E-state index in [1.54, 1.807) is 18.7 Å². The third-order valence-corrected chi connectivity index (χ3v) is 5.41. The fourth-order valence-electron chi connectivity index (χ4n) is 3.64. The Bertz CT molecular complexity index is 881. The van der Waals surface area contributed by atoms with Gasteiger partial charge in [0.25, 0.3) is 5.91 Å². The molecule has 154 valence electrons. The van der Waals surface area contributed by atoms with Crippen molar-refractivity contribution in [2.24, 2.45) is 0 Å². The maximum absolute atomic E-state index is 12.9. The maximum atomic E-state index is 12.9. The quantitative estimate of drug-likeness (QED) is 0.763. The molecule has 0 aromatic heterocycles. The molecule has 2 fully saturated rings. The summed E-state index contributed by atoms with van der Waals surface area (Å²) in [6, 6.07) is 13.9. The van der Waals surface area contributed by atoms with Gasteiger partial charge < -0.3 is 19.5 Å². The second-order valence-corrected chi connectivity index (χ2v) is 8.78. The molecule has 1 aliphatic carbocycles. The van der Waals surface area contributed by atoms with E-state index in [2.05, 4.69) is 12.1 Å². The molecule has 5 nitrogen and oxygen atoms in total. The Labute approximate surface area is 172 Å². The van der Waals surface area contributed by atoms with Gasteiger partial charge in [-0.15, -0.1) is 0 Å². The molecular formula is C24H29NO4. The third-order valence-electron chi connectivity index (χ3n) is 5.41. The number of aliphatic hydroxyl groups is 1. The average molecular weight is 395 g/mol. The largest absolute Gasteiger partial charge is 0.490 e. The Morgan fingerprint density at radius 1 is 1.10 bits per heavy atom. The Balaban J connectivity index is 1.39. The minimum Gasteiger partial charge on any atom is -0.490 e. The molecule has 1 atom stereocenters. The van der Waals surface area contributed by atoms with Crippen LogP contribution in [-0.4, -0.2) is 35.9 Å². The number of hydrogen-bond acceptors (Lipinski definition) is 4. The maximum Gasteiger partial charge on any atom is 0.268 e. The normalized spacial score (nSPS) is 19.5. The van der Waals surface area contributed by atoms with E-state index < -0.39 is 11.7 Å². The number of amides is 1. The molecule has 2 aromatic carbocycles. The van der Waals surface area contributed by atoms with Crippen LogP contribution in [0, 0.1) is 6.92 Å². The van der Waals surface area contributed by atoms with Crippen LogP contribution in [0.25, 0.3) is 0 Å². The highest BCUT2D eigenvalue weighted by Gasteiger charge is 2.34. The highest BCUT2D eigenvalue weighted by Crippen LogP contribution is 2.40. The van der Waals surface area contributed by atoms with Crippen LogP contribution >= 0.6 is 0 Å². The number of ether oxygens (including phenoxy) is 2. The topological polar surface area (TPSA) is 59.0 Å². The molecule has 1 amide bonds. The zero-order valence-corrected chi connectivity index (χ0v) is 17.4. The fourth-order valence-corrected chi connectivity index (χ4v) is 3.64. The van der Waals surface area contributed by atoms with Crippen molar-refractivity contribution in [2.45, 2.75) is 57.7 Å². The van der Waals surface area contributed by atoms with Crippen molar-refractivity contribution in [3.05, 3.63) is 53.6 Å². The SMILES string of the molecule is Cc1cc(N2CC[C@@H](Oc3ccc(C4CC4)cc3)C2=O)ccc1OCC(C)(C)O. The first-order chi connectivity index (χ1) is 13.8. The van der Waals surface area contributed by atoms with Crippen molar-refractivity contribution in [1.29, 1.82) is 0 Å². The van der Waals surface area contributed by atoms with Gasteiger partial charge in [-0.1, -0.05) is 12.1 Å². The van der Waals surface area contributed by atoms with E-state index in [0.717, 1.165) is 17.0 Å². The Morgan fingerprint density at radius 2 is 1.83 bits per heavy atom. The molecule has 1 aliphatic heterocycles. The van der Waals surface area contributed by atoms with Crippen LogP contribution in [0.1, 0.15) is 50.2 Å². The van der Waals surface area contributed by atoms with E-state index in [1.165, 1.54) is 18.4 Å². The lowest BCUT2D eigenvalue weighted by Gasteiger charge is -2.21. The van der Waals surface area contributed by atoms with Crippen LogP contribution in [0.4, 0.5) is 5.69 Å². The van der Waals surface area contributed by atoms with Gasteiger partial charge in [-0.3, -0.25) is 4.79 Å². The summed E-state index contributed by atoms with van der Waals surface area (Å²) in [5.41, 5.74) is 2.24. The molecule has 0 unspecified atom stereocenters. The number of carbonyl (C=O) groups excluding carboxylic acids is 1. The van der Waals surface area contributed by atoms with Crippen molar-refractivity contribution >= 4 is 11.6 Å². The van der Waals surface area contributed by atoms with Gasteiger partial charge in [-0.25, -0.2) is 0 Å². The van der Waals surface area contributed by atoms with Gasteiger partial charge in [0.15, 0.2) is 6.10 Å². The fraction of sp³-hybridized carbons (Fsp3) is 0.458. The molecule has 1 saturated heterocycles. The molecule has 1 heterocycles. The molecule has 1 saturated carbocycles. The number of anilines is 1. The van der Waals surface area contributed by atoms with Gasteiger partial charge in [0.1, 0.15) is 18.1 Å². The van der Waals surface area contributed by atoms with Crippen LogP contribution in [0.5, 0.6) is 11.5 Å². The van der Waals surface area contributed by atoms with Gasteiger partial charge in [-0.2, -0.15) is 0 Å². The van der Waals surface area contributed by atoms with Crippen LogP contribution < -0.4 is 14.4 Å². The van der Waals surface area contributed by atoms with Crippen LogP contribution in [0.15, 0.2) is 42.5 Å². The van der Waals surface area contributed by atoms with Crippen molar-refractivity contribution in [1.82, 2.24) is 0 Å². The van der Waals surface area contributed by atoms with E-state index in [4.69, 9.17) is 9.47 Å². The third kappa shape index (κ3) is 4.73. The summed E-state index contributed by atoms with van der Waals surface area (Å²) in [5, 5.41) is 9.84. The number of carbonyl (C=O) groups is 1. The van der Waals surface area contributed by atoms with Crippen molar-refractivity contribution in [3.63, 3.8) is 0 Å². The lowest BCUT2D eigenvalue weighted by Crippen LogP contribution is -2.32. The summed E-state index contributed by atoms with van der Waals surface area (Å²) >= 11 is 0. The number of benzene rings is 2. The molecule has 0 bridgehead atoms. The monoisotopic (exact) mass is 395 g/mol. The molecule has 5 heteroatoms. The summed E-state index contributed by atoms with van der Waals surface area (Å²) in [7, 11) is 0. The smallest absolute Gasteiger partial charge is 0.268 e. The van der Waals surface area contributed by atoms with Crippen molar-refractivity contribution in [3.8, 4) is 11.5 Å². The van der Waals surface area contributed by atoms with Crippen LogP contribution in [-0.2, 0) is 4.79 Å². The van der Waals surface area contributed by atoms with E-state index >= 15 is 0 Å². The molecular weight excluding hydrogens is 366 g/mol. The molecule has 2 aliphatic rings. The van der Waals surface area contributed by atoms with Crippen molar-refractivity contribution < 1.29 is 19.4 Å². The highest BCUT2D eigenvalue weighted by molar-refractivity contribution is 5.99. The average Bonchev–Trinajstić information content (AvgIpc) is 3.46. The molecule has 2 aromatic rings. The highest BCUT2D eigenvalue weighted by atomic mass is 16.5. The molecule has 4 rings (SSSR count). The second-order valence-electron chi connectivity index (χ2n) is 8.78. The summed E-state index contributed by atoms with van der Waals surface area (Å²) in [6.07, 6.45) is 2.77. The molecule has 0 radical (unpaired) electrons. The van der Waals surface area contributed by atoms with Gasteiger partial charge in [0.05, 0.1) is 5.60 Å². The summed E-state index contributed by atoms with van der Waals surface area (Å²) in [6.45, 7) is 6.20. The molecule has 1 N–H and O–H groups in total. The van der Waals surface area contributed by atoms with Gasteiger partial charge in [0, 0.05) is 18.7 Å². The van der Waals surface area contributed by atoms with Gasteiger partial charge >= 0.3 is 0 Å². The molecule has 29 heavy (non-hydrogen) atoms. The Hall–Kier alpha value is -2.53. The van der Waals surface area contributed by atoms with Crippen molar-refractivity contribution in [2.75, 3.05) is 18.1 Å². The second kappa shape index (κ2) is 7.71. The van der Waals surface area contributed by atoms with E-state index in [0.29, 0.717) is 24.6 Å². The van der Waals surface area contributed by atoms with Gasteiger partial charge in [0.2, 0.25) is 0 Å². The number of rotatable bonds is 7. The lowest BCUT2D eigenvalue weighted by molar-refractivity contribution is -0.122. The number of aryl methyl sites for hydroxylation is 1. The first kappa shape index (κ1) is 19.8. The van der Waals surface area contributed by atoms with E-state index in [1.807, 2.05) is 37.3 Å². The summed E-state index contributed by atoms with van der Waals surface area (Å²) in [4.78, 5) is 14.7. The van der Waals surface area contributed by atoms with E-state index in [-0.39, 0.29) is 12.5 Å². The zero-order valence-electron chi connectivity index (χ0n) is 17.4. The first-order valence-corrected chi connectivity index (χ1v) is 10.3. The Morgan fingerprint density at radius 3 is 2.45 bits per heavy atom. The molecule has 0 spiro atoms. The Kier molecular flexibility index (Phi) is 5.26. The standard InChI is InChI=1S/C24H29NO4/c1-16-14-19(8-11-21(16)28-15-24(2,3)27)25-13-12-22(23(25)26)29-20-9-6-18(7-10-20)17-4-5-17/h6-11,14,17,22,27H,4-5,12-13,15H2,1-3H3/t22-/m1/s1. The van der Waals surface area contributed by atoms with Gasteiger partial charge in [-0.05, 0) is 81.0 Å². The van der Waals surface area contributed by atoms with E-state index in [9.17, 15) is 9.90 Å². The first-order valence-electron chi connectivity index (χ1n) is 10.3. The minimum absolute atomic E-state index is 0.0131. The minimum atomic E-state index is -0.891. The zero-order chi connectivity index (χ0) is 20.6. The summed E-state index contributed by atoms with van der Waals surface area (Å²) < 4.78 is 11.7. The van der Waals surface area contributed by atoms with Crippen LogP contribution in [0.2, 0.25) is 0 Å². The number of nitrogens with zero attached hydrogens (tertiary/aromatic N) is 1. The number of hydrogen-bond donors (Lipinski definition) is 1.